The molecule has 0 aromatic heterocycles. The SMILES string of the molecule is CCOc1ccc(C[C@H](NC(=O)[C@H](CC(=O)O)NC(=O)CCC(=O)Nc2ccc(C(=N)N)cc2)C(=O)O)cc1. The Hall–Kier alpha value is -4.94. The van der Waals surface area contributed by atoms with E-state index in [0.29, 0.717) is 29.2 Å². The molecule has 0 saturated carbocycles. The molecule has 2 aromatic carbocycles. The minimum Gasteiger partial charge on any atom is -0.494 e. The number of rotatable bonds is 15. The van der Waals surface area contributed by atoms with Crippen molar-refractivity contribution in [1.82, 2.24) is 10.6 Å². The molecule has 0 fully saturated rings. The Morgan fingerprint density at radius 1 is 0.897 bits per heavy atom. The lowest BCUT2D eigenvalue weighted by Gasteiger charge is -2.20. The maximum atomic E-state index is 12.7. The molecular weight excluding hydrogens is 510 g/mol. The van der Waals surface area contributed by atoms with Gasteiger partial charge in [0.15, 0.2) is 0 Å². The molecule has 39 heavy (non-hydrogen) atoms. The summed E-state index contributed by atoms with van der Waals surface area (Å²) in [5.41, 5.74) is 6.86. The highest BCUT2D eigenvalue weighted by Crippen LogP contribution is 2.14. The van der Waals surface area contributed by atoms with Crippen LogP contribution in [-0.2, 0) is 30.4 Å². The number of nitrogen functional groups attached to an aromatic ring is 1. The summed E-state index contributed by atoms with van der Waals surface area (Å²) in [7, 11) is 0. The van der Waals surface area contributed by atoms with Crippen LogP contribution >= 0.6 is 0 Å². The predicted molar refractivity (Wildman–Crippen MR) is 140 cm³/mol. The maximum absolute atomic E-state index is 12.7. The molecule has 0 bridgehead atoms. The van der Waals surface area contributed by atoms with Crippen LogP contribution in [0.3, 0.4) is 0 Å². The molecule has 0 radical (unpaired) electrons. The van der Waals surface area contributed by atoms with E-state index >= 15 is 0 Å². The van der Waals surface area contributed by atoms with Gasteiger partial charge in [-0.25, -0.2) is 4.79 Å². The average Bonchev–Trinajstić information content (AvgIpc) is 2.88. The van der Waals surface area contributed by atoms with E-state index in [2.05, 4.69) is 16.0 Å². The highest BCUT2D eigenvalue weighted by atomic mass is 16.5. The average molecular weight is 542 g/mol. The van der Waals surface area contributed by atoms with Crippen LogP contribution in [0.1, 0.15) is 37.3 Å². The zero-order valence-corrected chi connectivity index (χ0v) is 21.2. The number of amides is 3. The molecule has 0 aliphatic heterocycles. The van der Waals surface area contributed by atoms with E-state index in [1.165, 1.54) is 12.1 Å². The second-order valence-electron chi connectivity index (χ2n) is 8.44. The topological polar surface area (TPSA) is 221 Å². The molecule has 0 aliphatic rings. The molecule has 0 aliphatic carbocycles. The van der Waals surface area contributed by atoms with Gasteiger partial charge in [-0.05, 0) is 48.9 Å². The number of carboxylic acids is 2. The van der Waals surface area contributed by atoms with Crippen molar-refractivity contribution in [2.24, 2.45) is 5.73 Å². The number of anilines is 1. The van der Waals surface area contributed by atoms with Crippen LogP contribution in [0.4, 0.5) is 5.69 Å². The van der Waals surface area contributed by atoms with E-state index in [0.717, 1.165) is 0 Å². The van der Waals surface area contributed by atoms with Gasteiger partial charge in [0.2, 0.25) is 17.7 Å². The standard InChI is InChI=1S/C26H31N5O8/c1-2-39-18-9-3-15(4-10-18)13-20(26(37)38)31-25(36)19(14-23(34)35)30-22(33)12-11-21(32)29-17-7-5-16(6-8-17)24(27)28/h3-10,19-20H,2,11-14H2,1H3,(H3,27,28)(H,29,32)(H,30,33)(H,31,36)(H,34,35)(H,37,38)/t19-,20-/m0/s1. The lowest BCUT2D eigenvalue weighted by molar-refractivity contribution is -0.143. The number of benzene rings is 2. The fourth-order valence-corrected chi connectivity index (χ4v) is 3.43. The maximum Gasteiger partial charge on any atom is 0.326 e. The Balaban J connectivity index is 1.95. The van der Waals surface area contributed by atoms with Crippen molar-refractivity contribution < 1.29 is 38.9 Å². The van der Waals surface area contributed by atoms with Gasteiger partial charge in [0, 0.05) is 30.5 Å². The van der Waals surface area contributed by atoms with E-state index in [1.54, 1.807) is 36.4 Å². The van der Waals surface area contributed by atoms with Crippen molar-refractivity contribution in [2.75, 3.05) is 11.9 Å². The molecule has 0 spiro atoms. The van der Waals surface area contributed by atoms with Crippen LogP contribution in [0, 0.1) is 5.41 Å². The van der Waals surface area contributed by atoms with E-state index in [4.69, 9.17) is 15.9 Å². The first-order chi connectivity index (χ1) is 18.5. The lowest BCUT2D eigenvalue weighted by Crippen LogP contribution is -2.53. The van der Waals surface area contributed by atoms with Gasteiger partial charge < -0.3 is 36.6 Å². The van der Waals surface area contributed by atoms with Gasteiger partial charge in [0.25, 0.3) is 0 Å². The molecule has 0 unspecified atom stereocenters. The summed E-state index contributed by atoms with van der Waals surface area (Å²) < 4.78 is 5.34. The third-order valence-corrected chi connectivity index (χ3v) is 5.38. The number of aliphatic carboxylic acids is 2. The molecule has 0 heterocycles. The number of carbonyl (C=O) groups is 5. The Bertz CT molecular complexity index is 1200. The third kappa shape index (κ3) is 10.5. The molecule has 3 amide bonds. The Kier molecular flexibility index (Phi) is 11.4. The number of nitrogens with two attached hydrogens (primary N) is 1. The predicted octanol–water partition coefficient (Wildman–Crippen LogP) is 0.860. The number of carboxylic acid groups (broad SMARTS) is 2. The highest BCUT2D eigenvalue weighted by molar-refractivity contribution is 5.97. The number of carbonyl (C=O) groups excluding carboxylic acids is 3. The smallest absolute Gasteiger partial charge is 0.326 e. The second-order valence-corrected chi connectivity index (χ2v) is 8.44. The van der Waals surface area contributed by atoms with Gasteiger partial charge in [-0.1, -0.05) is 12.1 Å². The Morgan fingerprint density at radius 2 is 1.51 bits per heavy atom. The van der Waals surface area contributed by atoms with Crippen molar-refractivity contribution in [3.8, 4) is 5.75 Å². The normalized spacial score (nSPS) is 11.9. The molecule has 208 valence electrons. The van der Waals surface area contributed by atoms with Gasteiger partial charge in [-0.3, -0.25) is 24.6 Å². The van der Waals surface area contributed by atoms with E-state index in [1.807, 2.05) is 6.92 Å². The summed E-state index contributed by atoms with van der Waals surface area (Å²) in [4.78, 5) is 60.3. The van der Waals surface area contributed by atoms with Crippen LogP contribution in [0.5, 0.6) is 5.75 Å². The molecule has 2 aromatic rings. The zero-order chi connectivity index (χ0) is 28.9. The van der Waals surface area contributed by atoms with Crippen LogP contribution in [-0.4, -0.2) is 64.4 Å². The van der Waals surface area contributed by atoms with Crippen LogP contribution < -0.4 is 26.4 Å². The number of amidine groups is 1. The van der Waals surface area contributed by atoms with Gasteiger partial charge >= 0.3 is 11.9 Å². The van der Waals surface area contributed by atoms with Crippen LogP contribution in [0.15, 0.2) is 48.5 Å². The molecule has 0 saturated heterocycles. The fourth-order valence-electron chi connectivity index (χ4n) is 3.43. The van der Waals surface area contributed by atoms with E-state index < -0.39 is 48.2 Å². The van der Waals surface area contributed by atoms with Crippen molar-refractivity contribution >= 4 is 41.2 Å². The summed E-state index contributed by atoms with van der Waals surface area (Å²) in [6.45, 7) is 2.28. The second kappa shape index (κ2) is 14.7. The van der Waals surface area contributed by atoms with Gasteiger partial charge in [-0.15, -0.1) is 0 Å². The van der Waals surface area contributed by atoms with Gasteiger partial charge in [-0.2, -0.15) is 0 Å². The van der Waals surface area contributed by atoms with Gasteiger partial charge in [0.05, 0.1) is 13.0 Å². The molecule has 13 heteroatoms. The van der Waals surface area contributed by atoms with Crippen molar-refractivity contribution in [3.05, 3.63) is 59.7 Å². The van der Waals surface area contributed by atoms with Crippen molar-refractivity contribution in [1.29, 1.82) is 5.41 Å². The zero-order valence-electron chi connectivity index (χ0n) is 21.2. The third-order valence-electron chi connectivity index (χ3n) is 5.38. The number of nitrogens with one attached hydrogen (secondary N) is 4. The molecular formula is C26H31N5O8. The van der Waals surface area contributed by atoms with Crippen molar-refractivity contribution in [3.63, 3.8) is 0 Å². The Labute approximate surface area is 224 Å². The summed E-state index contributed by atoms with van der Waals surface area (Å²) in [5, 5.41) is 33.2. The van der Waals surface area contributed by atoms with Crippen LogP contribution in [0.2, 0.25) is 0 Å². The highest BCUT2D eigenvalue weighted by Gasteiger charge is 2.28. The first-order valence-corrected chi connectivity index (χ1v) is 12.0. The van der Waals surface area contributed by atoms with E-state index in [-0.39, 0.29) is 25.1 Å². The summed E-state index contributed by atoms with van der Waals surface area (Å²) >= 11 is 0. The quantitative estimate of drug-likeness (QED) is 0.125. The molecule has 2 rings (SSSR count). The van der Waals surface area contributed by atoms with E-state index in [9.17, 15) is 34.2 Å². The summed E-state index contributed by atoms with van der Waals surface area (Å²) in [6, 6.07) is 9.82. The van der Waals surface area contributed by atoms with Crippen LogP contribution in [0.25, 0.3) is 0 Å². The molecule has 2 atom stereocenters. The Morgan fingerprint density at radius 3 is 2.05 bits per heavy atom. The van der Waals surface area contributed by atoms with Gasteiger partial charge in [0.1, 0.15) is 23.7 Å². The summed E-state index contributed by atoms with van der Waals surface area (Å²) in [5.74, 6) is -4.53. The number of hydrogen-bond acceptors (Lipinski definition) is 7. The monoisotopic (exact) mass is 541 g/mol. The first-order valence-electron chi connectivity index (χ1n) is 12.0. The minimum absolute atomic E-state index is 0.0885. The lowest BCUT2D eigenvalue weighted by atomic mass is 10.0. The minimum atomic E-state index is -1.56. The number of ether oxygens (including phenoxy) is 1. The van der Waals surface area contributed by atoms with Crippen molar-refractivity contribution in [2.45, 2.75) is 44.7 Å². The first kappa shape index (κ1) is 30.3. The fraction of sp³-hybridized carbons (Fsp3) is 0.308. The largest absolute Gasteiger partial charge is 0.494 e. The summed E-state index contributed by atoms with van der Waals surface area (Å²) in [6.07, 6.45) is -1.50. The molecule has 13 nitrogen and oxygen atoms in total. The number of hydrogen-bond donors (Lipinski definition) is 7. The molecule has 8 N–H and O–H groups in total.